The van der Waals surface area contributed by atoms with Gasteiger partial charge in [-0.1, -0.05) is 43.2 Å². The van der Waals surface area contributed by atoms with Gasteiger partial charge < -0.3 is 15.5 Å². The van der Waals surface area contributed by atoms with Gasteiger partial charge in [-0.15, -0.1) is 0 Å². The van der Waals surface area contributed by atoms with Crippen molar-refractivity contribution in [1.82, 2.24) is 15.5 Å². The predicted molar refractivity (Wildman–Crippen MR) is 89.5 cm³/mol. The molecule has 0 aliphatic heterocycles. The molecule has 0 heterocycles. The van der Waals surface area contributed by atoms with Crippen LogP contribution in [0.25, 0.3) is 0 Å². The van der Waals surface area contributed by atoms with Crippen LogP contribution in [0.2, 0.25) is 0 Å². The van der Waals surface area contributed by atoms with Gasteiger partial charge in [0.15, 0.2) is 5.96 Å². The minimum atomic E-state index is 0.783. The second kappa shape index (κ2) is 8.67. The Morgan fingerprint density at radius 1 is 1.19 bits per heavy atom. The minimum Gasteiger partial charge on any atom is -0.355 e. The molecule has 0 amide bonds. The highest BCUT2D eigenvalue weighted by molar-refractivity contribution is 5.79. The lowest BCUT2D eigenvalue weighted by molar-refractivity contribution is 0.249. The Bertz CT molecular complexity index is 424. The largest absolute Gasteiger partial charge is 0.355 e. The van der Waals surface area contributed by atoms with Crippen LogP contribution in [0.5, 0.6) is 0 Å². The van der Waals surface area contributed by atoms with Gasteiger partial charge in [0.05, 0.1) is 0 Å². The molecule has 116 valence electrons. The first kappa shape index (κ1) is 15.8. The van der Waals surface area contributed by atoms with Crippen molar-refractivity contribution in [2.75, 3.05) is 27.2 Å². The third kappa shape index (κ3) is 5.38. The van der Waals surface area contributed by atoms with Crippen molar-refractivity contribution >= 4 is 5.96 Å². The van der Waals surface area contributed by atoms with Crippen LogP contribution in [0.4, 0.5) is 0 Å². The molecule has 1 aliphatic carbocycles. The fourth-order valence-electron chi connectivity index (χ4n) is 2.88. The van der Waals surface area contributed by atoms with Gasteiger partial charge in [0.2, 0.25) is 0 Å². The van der Waals surface area contributed by atoms with Gasteiger partial charge in [-0.25, -0.2) is 0 Å². The van der Waals surface area contributed by atoms with E-state index in [0.29, 0.717) is 0 Å². The molecule has 1 aromatic carbocycles. The van der Waals surface area contributed by atoms with Gasteiger partial charge in [0, 0.05) is 32.7 Å². The van der Waals surface area contributed by atoms with E-state index in [1.54, 1.807) is 0 Å². The van der Waals surface area contributed by atoms with E-state index in [1.807, 2.05) is 13.1 Å². The van der Waals surface area contributed by atoms with Crippen LogP contribution in [-0.2, 0) is 6.54 Å². The summed E-state index contributed by atoms with van der Waals surface area (Å²) in [6, 6.07) is 11.2. The van der Waals surface area contributed by atoms with E-state index >= 15 is 0 Å². The molecule has 0 bridgehead atoms. The molecule has 1 saturated carbocycles. The van der Waals surface area contributed by atoms with Crippen molar-refractivity contribution in [1.29, 1.82) is 0 Å². The fraction of sp³-hybridized carbons (Fsp3) is 0.588. The second-order valence-corrected chi connectivity index (χ2v) is 5.76. The first-order chi connectivity index (χ1) is 10.3. The summed E-state index contributed by atoms with van der Waals surface area (Å²) in [7, 11) is 4.05. The predicted octanol–water partition coefficient (Wildman–Crippen LogP) is 2.23. The molecule has 0 unspecified atom stereocenters. The van der Waals surface area contributed by atoms with Gasteiger partial charge in [-0.05, 0) is 25.5 Å². The van der Waals surface area contributed by atoms with E-state index < -0.39 is 0 Å². The van der Waals surface area contributed by atoms with Gasteiger partial charge in [0.1, 0.15) is 0 Å². The maximum Gasteiger partial charge on any atom is 0.191 e. The number of guanidine groups is 1. The number of nitrogens with zero attached hydrogens (tertiary/aromatic N) is 2. The highest BCUT2D eigenvalue weighted by atomic mass is 15.2. The number of benzene rings is 1. The number of likely N-dealkylation sites (N-methyl/N-ethyl adjacent to an activating group) is 1. The van der Waals surface area contributed by atoms with Crippen LogP contribution in [0.15, 0.2) is 35.3 Å². The average Bonchev–Trinajstić information content (AvgIpc) is 3.06. The zero-order chi connectivity index (χ0) is 14.9. The number of nitrogens with one attached hydrogen (secondary N) is 2. The third-order valence-electron chi connectivity index (χ3n) is 4.23. The zero-order valence-electron chi connectivity index (χ0n) is 13.3. The molecule has 0 atom stereocenters. The van der Waals surface area contributed by atoms with E-state index in [2.05, 4.69) is 51.8 Å². The highest BCUT2D eigenvalue weighted by Crippen LogP contribution is 2.21. The quantitative estimate of drug-likeness (QED) is 0.623. The van der Waals surface area contributed by atoms with Crippen LogP contribution in [0.3, 0.4) is 0 Å². The van der Waals surface area contributed by atoms with Crippen LogP contribution < -0.4 is 10.6 Å². The van der Waals surface area contributed by atoms with Crippen molar-refractivity contribution in [2.45, 2.75) is 38.3 Å². The molecule has 0 radical (unpaired) electrons. The molecule has 0 saturated heterocycles. The van der Waals surface area contributed by atoms with Gasteiger partial charge >= 0.3 is 0 Å². The normalized spacial score (nSPS) is 16.4. The van der Waals surface area contributed by atoms with Gasteiger partial charge in [-0.2, -0.15) is 0 Å². The maximum absolute atomic E-state index is 4.27. The molecule has 1 aromatic rings. The molecule has 0 aromatic heterocycles. The minimum absolute atomic E-state index is 0.783. The molecule has 4 nitrogen and oxygen atoms in total. The van der Waals surface area contributed by atoms with Crippen LogP contribution in [-0.4, -0.2) is 44.1 Å². The summed E-state index contributed by atoms with van der Waals surface area (Å²) >= 11 is 0. The SMILES string of the molecule is CN=C(NCCN(C)C1CCCC1)NCc1ccccc1. The molecule has 2 rings (SSSR count). The molecular weight excluding hydrogens is 260 g/mol. The summed E-state index contributed by atoms with van der Waals surface area (Å²) in [5.74, 6) is 0.874. The summed E-state index contributed by atoms with van der Waals surface area (Å²) in [4.78, 5) is 6.75. The lowest BCUT2D eigenvalue weighted by atomic mass is 10.2. The van der Waals surface area contributed by atoms with Crippen molar-refractivity contribution in [3.05, 3.63) is 35.9 Å². The molecule has 0 spiro atoms. The fourth-order valence-corrected chi connectivity index (χ4v) is 2.88. The Labute approximate surface area is 128 Å². The summed E-state index contributed by atoms with van der Waals surface area (Å²) in [6.07, 6.45) is 5.50. The number of aliphatic imine (C=N–C) groups is 1. The van der Waals surface area contributed by atoms with E-state index in [0.717, 1.165) is 31.6 Å². The molecule has 4 heteroatoms. The van der Waals surface area contributed by atoms with Crippen LogP contribution in [0.1, 0.15) is 31.2 Å². The lowest BCUT2D eigenvalue weighted by Gasteiger charge is -2.24. The van der Waals surface area contributed by atoms with Crippen molar-refractivity contribution in [3.63, 3.8) is 0 Å². The zero-order valence-corrected chi connectivity index (χ0v) is 13.3. The Hall–Kier alpha value is -1.55. The summed E-state index contributed by atoms with van der Waals surface area (Å²) < 4.78 is 0. The third-order valence-corrected chi connectivity index (χ3v) is 4.23. The number of hydrogen-bond acceptors (Lipinski definition) is 2. The molecular formula is C17H28N4. The Morgan fingerprint density at radius 3 is 2.57 bits per heavy atom. The van der Waals surface area contributed by atoms with E-state index in [-0.39, 0.29) is 0 Å². The van der Waals surface area contributed by atoms with Crippen molar-refractivity contribution < 1.29 is 0 Å². The Morgan fingerprint density at radius 2 is 1.90 bits per heavy atom. The monoisotopic (exact) mass is 288 g/mol. The summed E-state index contributed by atoms with van der Waals surface area (Å²) in [5.41, 5.74) is 1.27. The van der Waals surface area contributed by atoms with Crippen molar-refractivity contribution in [2.24, 2.45) is 4.99 Å². The summed E-state index contributed by atoms with van der Waals surface area (Å²) in [6.45, 7) is 2.80. The Balaban J connectivity index is 1.65. The van der Waals surface area contributed by atoms with Crippen molar-refractivity contribution in [3.8, 4) is 0 Å². The topological polar surface area (TPSA) is 39.7 Å². The first-order valence-corrected chi connectivity index (χ1v) is 7.98. The smallest absolute Gasteiger partial charge is 0.191 e. The summed E-state index contributed by atoms with van der Waals surface area (Å²) in [5, 5.41) is 6.74. The second-order valence-electron chi connectivity index (χ2n) is 5.76. The highest BCUT2D eigenvalue weighted by Gasteiger charge is 2.18. The average molecular weight is 288 g/mol. The Kier molecular flexibility index (Phi) is 6.54. The molecule has 1 fully saturated rings. The maximum atomic E-state index is 4.27. The standard InChI is InChI=1S/C17H28N4/c1-18-17(20-14-15-8-4-3-5-9-15)19-12-13-21(2)16-10-6-7-11-16/h3-5,8-9,16H,6-7,10-14H2,1-2H3,(H2,18,19,20). The van der Waals surface area contributed by atoms with Gasteiger partial charge in [0.25, 0.3) is 0 Å². The first-order valence-electron chi connectivity index (χ1n) is 7.98. The number of hydrogen-bond donors (Lipinski definition) is 2. The van der Waals surface area contributed by atoms with Gasteiger partial charge in [-0.3, -0.25) is 4.99 Å². The van der Waals surface area contributed by atoms with E-state index in [1.165, 1.54) is 31.2 Å². The number of rotatable bonds is 6. The molecule has 21 heavy (non-hydrogen) atoms. The van der Waals surface area contributed by atoms with Crippen LogP contribution in [0, 0.1) is 0 Å². The van der Waals surface area contributed by atoms with Crippen LogP contribution >= 0.6 is 0 Å². The molecule has 1 aliphatic rings. The van der Waals surface area contributed by atoms with E-state index in [4.69, 9.17) is 0 Å². The van der Waals surface area contributed by atoms with E-state index in [9.17, 15) is 0 Å². The molecule has 2 N–H and O–H groups in total. The lowest BCUT2D eigenvalue weighted by Crippen LogP contribution is -2.42.